The Labute approximate surface area is 332 Å². The monoisotopic (exact) mass is 729 g/mol. The second-order valence-corrected chi connectivity index (χ2v) is 25.5. The van der Waals surface area contributed by atoms with Crippen molar-refractivity contribution in [3.63, 3.8) is 0 Å². The Bertz CT molecular complexity index is 970. The summed E-state index contributed by atoms with van der Waals surface area (Å²) in [5, 5.41) is 0. The maximum atomic E-state index is 2.47. The van der Waals surface area contributed by atoms with Gasteiger partial charge in [0.15, 0.2) is 0 Å². The molecule has 0 atom stereocenters. The van der Waals surface area contributed by atoms with Crippen molar-refractivity contribution < 1.29 is 0 Å². The molecule has 0 spiro atoms. The topological polar surface area (TPSA) is 0 Å². The molecule has 0 amide bonds. The van der Waals surface area contributed by atoms with Crippen molar-refractivity contribution in [1.29, 1.82) is 0 Å². The van der Waals surface area contributed by atoms with E-state index in [1.54, 1.807) is 141 Å². The van der Waals surface area contributed by atoms with Crippen molar-refractivity contribution in [2.45, 2.75) is 204 Å². The van der Waals surface area contributed by atoms with E-state index in [0.717, 1.165) is 106 Å². The van der Waals surface area contributed by atoms with Crippen LogP contribution < -0.4 is 0 Å². The molecule has 16 bridgehead atoms. The van der Waals surface area contributed by atoms with Crippen LogP contribution in [0.5, 0.6) is 0 Å². The number of hydrogen-bond donors (Lipinski definition) is 0. The van der Waals surface area contributed by atoms with E-state index < -0.39 is 0 Å². The minimum absolute atomic E-state index is 0.800. The highest BCUT2D eigenvalue weighted by molar-refractivity contribution is 5.03. The summed E-state index contributed by atoms with van der Waals surface area (Å²) in [5.41, 5.74) is 0.800. The van der Waals surface area contributed by atoms with Crippen molar-refractivity contribution in [2.24, 2.45) is 130 Å². The van der Waals surface area contributed by atoms with Gasteiger partial charge in [-0.1, -0.05) is 62.3 Å². The average Bonchev–Trinajstić information content (AvgIpc) is 3.03. The third kappa shape index (κ3) is 8.88. The Morgan fingerprint density at radius 3 is 0.660 bits per heavy atom. The second kappa shape index (κ2) is 16.3. The zero-order chi connectivity index (χ0) is 37.2. The molecule has 0 N–H and O–H groups in total. The van der Waals surface area contributed by atoms with E-state index in [4.69, 9.17) is 0 Å². The lowest BCUT2D eigenvalue weighted by Gasteiger charge is -2.58. The maximum Gasteiger partial charge on any atom is -0.0267 e. The number of hydrogen-bond acceptors (Lipinski definition) is 0. The first kappa shape index (κ1) is 39.8. The van der Waals surface area contributed by atoms with Crippen LogP contribution in [-0.2, 0) is 0 Å². The fourth-order valence-corrected chi connectivity index (χ4v) is 19.0. The molecule has 0 unspecified atom stereocenters. The molecule has 16 aliphatic rings. The highest BCUT2D eigenvalue weighted by atomic mass is 14.6. The Morgan fingerprint density at radius 1 is 0.283 bits per heavy atom. The first-order chi connectivity index (χ1) is 25.3. The van der Waals surface area contributed by atoms with Crippen molar-refractivity contribution >= 4 is 0 Å². The van der Waals surface area contributed by atoms with E-state index in [1.807, 2.05) is 0 Å². The van der Waals surface area contributed by atoms with Gasteiger partial charge in [-0.3, -0.25) is 0 Å². The van der Waals surface area contributed by atoms with Crippen LogP contribution in [0.15, 0.2) is 0 Å². The van der Waals surface area contributed by atoms with E-state index in [0.29, 0.717) is 0 Å². The number of rotatable bonds is 3. The first-order valence-corrected chi connectivity index (χ1v) is 25.3. The molecule has 0 nitrogen and oxygen atoms in total. The van der Waals surface area contributed by atoms with E-state index >= 15 is 0 Å². The molecular formula is C53H92. The van der Waals surface area contributed by atoms with Crippen molar-refractivity contribution in [1.82, 2.24) is 0 Å². The van der Waals surface area contributed by atoms with E-state index in [-0.39, 0.29) is 0 Å². The summed E-state index contributed by atoms with van der Waals surface area (Å²) in [6.07, 6.45) is 35.1. The predicted octanol–water partition coefficient (Wildman–Crippen LogP) is 15.8. The highest BCUT2D eigenvalue weighted by Crippen LogP contribution is 2.63. The van der Waals surface area contributed by atoms with Gasteiger partial charge in [0.1, 0.15) is 0 Å². The summed E-state index contributed by atoms with van der Waals surface area (Å²) < 4.78 is 0. The lowest BCUT2D eigenvalue weighted by atomic mass is 9.47. The zero-order valence-electron chi connectivity index (χ0n) is 37.2. The second-order valence-electron chi connectivity index (χ2n) is 25.5. The van der Waals surface area contributed by atoms with Gasteiger partial charge in [-0.2, -0.15) is 0 Å². The molecule has 0 aliphatic heterocycles. The molecule has 0 saturated heterocycles. The Kier molecular flexibility index (Phi) is 12.3. The molecule has 0 aromatic carbocycles. The van der Waals surface area contributed by atoms with Gasteiger partial charge < -0.3 is 0 Å². The van der Waals surface area contributed by atoms with Crippen LogP contribution in [0.4, 0.5) is 0 Å². The average molecular weight is 729 g/mol. The lowest BCUT2D eigenvalue weighted by molar-refractivity contribution is -0.0789. The van der Waals surface area contributed by atoms with Crippen LogP contribution in [0.3, 0.4) is 0 Å². The lowest BCUT2D eigenvalue weighted by Crippen LogP contribution is -2.48. The van der Waals surface area contributed by atoms with Gasteiger partial charge in [-0.15, -0.1) is 0 Å². The van der Waals surface area contributed by atoms with Gasteiger partial charge in [0.05, 0.1) is 0 Å². The van der Waals surface area contributed by atoms with Crippen LogP contribution in [0.1, 0.15) is 204 Å². The standard InChI is InChI=1S/3C13H22.C10H16.C4H10/c1-9(2)13-6-10-3-11(7-13)5-12(4-10)8-13;2*1-8(2)13-11-4-9-3-10(6-11)7-12(13)5-9;1-7-2-9-4-8(1)5-10(3-7)6-9;1-4(2)3/h9-12H,3-8H2,1-2H3;2*8-13H,3-7H2,1-2H3;7-10H,1-6H2;4H,1-3H3. The normalized spacial score (nSPS) is 50.8. The predicted molar refractivity (Wildman–Crippen MR) is 228 cm³/mol. The van der Waals surface area contributed by atoms with Gasteiger partial charge in [0, 0.05) is 0 Å². The fourth-order valence-electron chi connectivity index (χ4n) is 19.0. The summed E-state index contributed by atoms with van der Waals surface area (Å²) in [4.78, 5) is 0. The van der Waals surface area contributed by atoms with Crippen molar-refractivity contribution in [3.05, 3.63) is 0 Å². The Balaban J connectivity index is 0.0000000977. The van der Waals surface area contributed by atoms with Crippen LogP contribution in [0.25, 0.3) is 0 Å². The molecule has 0 aromatic rings. The SMILES string of the molecule is C1C2CC3CC1CC(C2)C3.CC(C)C.CC(C)C12CC3CC(CC(C3)C1)C2.CC(C)C1C2CC3CC(C2)CC1C3.CC(C)C1C2CC3CC(C2)CC1C3. The van der Waals surface area contributed by atoms with Crippen LogP contribution in [-0.4, -0.2) is 0 Å². The molecule has 16 rings (SSSR count). The molecule has 53 heavy (non-hydrogen) atoms. The summed E-state index contributed by atoms with van der Waals surface area (Å²) in [7, 11) is 0. The molecule has 16 aliphatic carbocycles. The third-order valence-electron chi connectivity index (χ3n) is 19.4. The summed E-state index contributed by atoms with van der Waals surface area (Å²) >= 11 is 0. The minimum Gasteiger partial charge on any atom is -0.0630 e. The minimum atomic E-state index is 0.800. The van der Waals surface area contributed by atoms with Crippen molar-refractivity contribution in [3.8, 4) is 0 Å². The Hall–Kier alpha value is 0. The molecule has 304 valence electrons. The van der Waals surface area contributed by atoms with Crippen LogP contribution in [0, 0.1) is 130 Å². The Morgan fingerprint density at radius 2 is 0.472 bits per heavy atom. The fraction of sp³-hybridized carbons (Fsp3) is 1.00. The van der Waals surface area contributed by atoms with Gasteiger partial charge in [0.2, 0.25) is 0 Å². The van der Waals surface area contributed by atoms with E-state index in [9.17, 15) is 0 Å². The molecule has 0 heterocycles. The quantitative estimate of drug-likeness (QED) is 0.271. The molecule has 0 aromatic heterocycles. The third-order valence-corrected chi connectivity index (χ3v) is 19.4. The molecule has 0 radical (unpaired) electrons. The molecule has 16 fully saturated rings. The maximum absolute atomic E-state index is 2.47. The molecular weight excluding hydrogens is 637 g/mol. The molecule has 16 saturated carbocycles. The molecule has 0 heteroatoms. The van der Waals surface area contributed by atoms with Gasteiger partial charge in [-0.25, -0.2) is 0 Å². The van der Waals surface area contributed by atoms with Gasteiger partial charge >= 0.3 is 0 Å². The van der Waals surface area contributed by atoms with Gasteiger partial charge in [-0.05, 0) is 271 Å². The smallest absolute Gasteiger partial charge is 0.0267 e. The summed E-state index contributed by atoms with van der Waals surface area (Å²) in [6, 6.07) is 0. The van der Waals surface area contributed by atoms with Crippen LogP contribution in [0.2, 0.25) is 0 Å². The van der Waals surface area contributed by atoms with E-state index in [1.165, 1.54) is 23.7 Å². The largest absolute Gasteiger partial charge is 0.0630 e. The summed E-state index contributed by atoms with van der Waals surface area (Å²) in [6.45, 7) is 21.2. The highest BCUT2D eigenvalue weighted by Gasteiger charge is 2.52. The zero-order valence-corrected chi connectivity index (χ0v) is 37.2. The van der Waals surface area contributed by atoms with Gasteiger partial charge in [0.25, 0.3) is 0 Å². The first-order valence-electron chi connectivity index (χ1n) is 25.3. The van der Waals surface area contributed by atoms with E-state index in [2.05, 4.69) is 62.3 Å². The summed E-state index contributed by atoms with van der Waals surface area (Å²) in [5.74, 6) is 23.1. The van der Waals surface area contributed by atoms with Crippen molar-refractivity contribution in [2.75, 3.05) is 0 Å². The van der Waals surface area contributed by atoms with Crippen LogP contribution >= 0.6 is 0 Å².